The van der Waals surface area contributed by atoms with Gasteiger partial charge in [-0.3, -0.25) is 0 Å². The molecule has 0 N–H and O–H groups in total. The van der Waals surface area contributed by atoms with Crippen LogP contribution in [-0.4, -0.2) is 11.9 Å². The third kappa shape index (κ3) is 3.40. The normalized spacial score (nSPS) is 11.7. The van der Waals surface area contributed by atoms with Crippen molar-refractivity contribution in [3.63, 3.8) is 0 Å². The lowest BCUT2D eigenvalue weighted by molar-refractivity contribution is -0.303. The number of hydrogen-bond donors (Lipinski definition) is 0. The van der Waals surface area contributed by atoms with E-state index in [0.29, 0.717) is 6.08 Å². The molecule has 0 radical (unpaired) electrons. The van der Waals surface area contributed by atoms with Crippen molar-refractivity contribution in [3.8, 4) is 0 Å². The number of rotatable bonds is 3. The highest BCUT2D eigenvalue weighted by Gasteiger charge is 2.02. The summed E-state index contributed by atoms with van der Waals surface area (Å²) >= 11 is 0. The molecule has 0 bridgehead atoms. The third-order valence-corrected chi connectivity index (χ3v) is 1.13. The Morgan fingerprint density at radius 3 is 1.82 bits per heavy atom. The minimum Gasteiger partial charge on any atom is -0.545 e. The van der Waals surface area contributed by atoms with E-state index in [0.717, 1.165) is 0 Å². The molecule has 0 aliphatic carbocycles. The van der Waals surface area contributed by atoms with E-state index < -0.39 is 11.9 Å². The Labute approximate surface area is 64.2 Å². The van der Waals surface area contributed by atoms with Crippen LogP contribution in [0.1, 0.15) is 13.8 Å². The summed E-state index contributed by atoms with van der Waals surface area (Å²) in [7, 11) is 0. The van der Waals surface area contributed by atoms with Crippen LogP contribution in [0.3, 0.4) is 0 Å². The summed E-state index contributed by atoms with van der Waals surface area (Å²) in [6.07, 6.45) is 0.542. The molecule has 0 aliphatic heterocycles. The van der Waals surface area contributed by atoms with Crippen LogP contribution in [-0.2, 0) is 9.59 Å². The zero-order valence-corrected chi connectivity index (χ0v) is 6.29. The second kappa shape index (κ2) is 3.75. The zero-order chi connectivity index (χ0) is 9.02. The van der Waals surface area contributed by atoms with Crippen LogP contribution in [0.2, 0.25) is 0 Å². The highest BCUT2D eigenvalue weighted by atomic mass is 16.4. The van der Waals surface area contributed by atoms with Crippen molar-refractivity contribution in [2.45, 2.75) is 13.8 Å². The van der Waals surface area contributed by atoms with Gasteiger partial charge < -0.3 is 19.8 Å². The summed E-state index contributed by atoms with van der Waals surface area (Å²) in [5.41, 5.74) is -0.259. The maximum Gasteiger partial charge on any atom is 0.0678 e. The quantitative estimate of drug-likeness (QED) is 0.445. The molecule has 62 valence electrons. The highest BCUT2D eigenvalue weighted by molar-refractivity contribution is 5.93. The van der Waals surface area contributed by atoms with Gasteiger partial charge in [-0.25, -0.2) is 0 Å². The highest BCUT2D eigenvalue weighted by Crippen LogP contribution is 2.06. The van der Waals surface area contributed by atoms with E-state index in [1.807, 2.05) is 0 Å². The van der Waals surface area contributed by atoms with E-state index >= 15 is 0 Å². The predicted octanol–water partition coefficient (Wildman–Crippen LogP) is -1.93. The van der Waals surface area contributed by atoms with Gasteiger partial charge in [-0.1, -0.05) is 13.8 Å². The SMILES string of the molecule is CC(C)/C(=C/C(=O)[O-])C(=O)[O-]. The first-order valence-electron chi connectivity index (χ1n) is 3.09. The maximum atomic E-state index is 10.2. The lowest BCUT2D eigenvalue weighted by atomic mass is 10.0. The summed E-state index contributed by atoms with van der Waals surface area (Å²) in [5, 5.41) is 20.1. The van der Waals surface area contributed by atoms with Crippen molar-refractivity contribution in [1.29, 1.82) is 0 Å². The van der Waals surface area contributed by atoms with Crippen LogP contribution >= 0.6 is 0 Å². The molecule has 0 spiro atoms. The smallest absolute Gasteiger partial charge is 0.0678 e. The molecule has 0 heterocycles. The van der Waals surface area contributed by atoms with Crippen LogP contribution in [0.25, 0.3) is 0 Å². The lowest BCUT2D eigenvalue weighted by Crippen LogP contribution is -2.29. The molecule has 0 rings (SSSR count). The lowest BCUT2D eigenvalue weighted by Gasteiger charge is -2.12. The number of hydrogen-bond acceptors (Lipinski definition) is 4. The predicted molar refractivity (Wildman–Crippen MR) is 32.9 cm³/mol. The summed E-state index contributed by atoms with van der Waals surface area (Å²) in [4.78, 5) is 20.1. The monoisotopic (exact) mass is 156 g/mol. The fourth-order valence-corrected chi connectivity index (χ4v) is 0.588. The molecule has 0 saturated carbocycles. The second-order valence-electron chi connectivity index (χ2n) is 2.36. The Hall–Kier alpha value is -1.32. The Morgan fingerprint density at radius 2 is 1.73 bits per heavy atom. The van der Waals surface area contributed by atoms with Crippen LogP contribution in [0.15, 0.2) is 11.6 Å². The molecular weight excluding hydrogens is 148 g/mol. The first kappa shape index (κ1) is 9.68. The summed E-state index contributed by atoms with van der Waals surface area (Å²) in [6.45, 7) is 3.12. The van der Waals surface area contributed by atoms with E-state index in [4.69, 9.17) is 0 Å². The fraction of sp³-hybridized carbons (Fsp3) is 0.429. The van der Waals surface area contributed by atoms with Gasteiger partial charge in [0.2, 0.25) is 0 Å². The first-order valence-corrected chi connectivity index (χ1v) is 3.09. The molecule has 0 saturated heterocycles. The third-order valence-electron chi connectivity index (χ3n) is 1.13. The zero-order valence-electron chi connectivity index (χ0n) is 6.29. The van der Waals surface area contributed by atoms with Gasteiger partial charge in [0.25, 0.3) is 0 Å². The summed E-state index contributed by atoms with van der Waals surface area (Å²) in [5.74, 6) is -3.36. The van der Waals surface area contributed by atoms with Gasteiger partial charge in [0.15, 0.2) is 0 Å². The second-order valence-corrected chi connectivity index (χ2v) is 2.36. The van der Waals surface area contributed by atoms with Gasteiger partial charge in [0, 0.05) is 0 Å². The standard InChI is InChI=1S/C7H10O4/c1-4(2)5(7(10)11)3-6(8)9/h3-4H,1-2H3,(H,8,9)(H,10,11)/p-2/b5-3-. The van der Waals surface area contributed by atoms with Gasteiger partial charge >= 0.3 is 0 Å². The van der Waals surface area contributed by atoms with Crippen molar-refractivity contribution in [2.75, 3.05) is 0 Å². The average molecular weight is 156 g/mol. The minimum atomic E-state index is -1.52. The van der Waals surface area contributed by atoms with Crippen molar-refractivity contribution < 1.29 is 19.8 Å². The van der Waals surface area contributed by atoms with Crippen LogP contribution < -0.4 is 10.2 Å². The number of carbonyl (C=O) groups is 2. The van der Waals surface area contributed by atoms with Crippen molar-refractivity contribution in [2.24, 2.45) is 5.92 Å². The van der Waals surface area contributed by atoms with E-state index in [1.54, 1.807) is 13.8 Å². The van der Waals surface area contributed by atoms with E-state index in [-0.39, 0.29) is 11.5 Å². The summed E-state index contributed by atoms with van der Waals surface area (Å²) in [6, 6.07) is 0. The van der Waals surface area contributed by atoms with Gasteiger partial charge in [-0.15, -0.1) is 0 Å². The van der Waals surface area contributed by atoms with Crippen LogP contribution in [0.5, 0.6) is 0 Å². The van der Waals surface area contributed by atoms with Gasteiger partial charge in [-0.2, -0.15) is 0 Å². The molecule has 0 aromatic heterocycles. The molecule has 0 aromatic carbocycles. The van der Waals surface area contributed by atoms with Gasteiger partial charge in [0.1, 0.15) is 0 Å². The van der Waals surface area contributed by atoms with E-state index in [2.05, 4.69) is 0 Å². The molecule has 11 heavy (non-hydrogen) atoms. The Balaban J connectivity index is 4.60. The average Bonchev–Trinajstić information content (AvgIpc) is 1.81. The van der Waals surface area contributed by atoms with Crippen molar-refractivity contribution >= 4 is 11.9 Å². The molecule has 4 heteroatoms. The van der Waals surface area contributed by atoms with E-state index in [9.17, 15) is 19.8 Å². The molecule has 0 amide bonds. The molecule has 4 nitrogen and oxygen atoms in total. The number of carbonyl (C=O) groups excluding carboxylic acids is 2. The minimum absolute atomic E-state index is 0.259. The number of carboxylic acid groups (broad SMARTS) is 2. The Kier molecular flexibility index (Phi) is 3.30. The number of carboxylic acids is 2. The fourth-order valence-electron chi connectivity index (χ4n) is 0.588. The molecule has 0 atom stereocenters. The largest absolute Gasteiger partial charge is 0.545 e. The van der Waals surface area contributed by atoms with Crippen molar-refractivity contribution in [3.05, 3.63) is 11.6 Å². The van der Waals surface area contributed by atoms with Crippen LogP contribution in [0.4, 0.5) is 0 Å². The molecule has 0 unspecified atom stereocenters. The summed E-state index contributed by atoms with van der Waals surface area (Å²) < 4.78 is 0. The van der Waals surface area contributed by atoms with E-state index in [1.165, 1.54) is 0 Å². The molecule has 0 fully saturated rings. The first-order chi connectivity index (χ1) is 4.95. The van der Waals surface area contributed by atoms with Gasteiger partial charge in [-0.05, 0) is 17.6 Å². The maximum absolute atomic E-state index is 10.2. The Bertz CT molecular complexity index is 202. The topological polar surface area (TPSA) is 80.3 Å². The van der Waals surface area contributed by atoms with Gasteiger partial charge in [0.05, 0.1) is 11.9 Å². The Morgan fingerprint density at radius 1 is 1.27 bits per heavy atom. The van der Waals surface area contributed by atoms with Crippen molar-refractivity contribution in [1.82, 2.24) is 0 Å². The molecule has 0 aromatic rings. The molecule has 0 aliphatic rings. The van der Waals surface area contributed by atoms with Crippen LogP contribution in [0, 0.1) is 5.92 Å². The molecular formula is C7H8O4-2. The number of aliphatic carboxylic acids is 2.